The van der Waals surface area contributed by atoms with E-state index in [1.807, 2.05) is 32.0 Å². The SMILES string of the molecule is Cc1cc2ccccc2[s+]1-c1cccc(C(=O)OC(C)(C)C2C=CCC2)c1. The lowest BCUT2D eigenvalue weighted by Crippen LogP contribution is -2.35. The van der Waals surface area contributed by atoms with E-state index in [4.69, 9.17) is 4.74 Å². The first-order valence-corrected chi connectivity index (χ1v) is 10.7. The molecular formula is C24H25O2S+. The van der Waals surface area contributed by atoms with Crippen LogP contribution in [0, 0.1) is 12.8 Å². The Kier molecular flexibility index (Phi) is 4.65. The van der Waals surface area contributed by atoms with Gasteiger partial charge in [0.2, 0.25) is 0 Å². The van der Waals surface area contributed by atoms with Crippen LogP contribution in [0.3, 0.4) is 0 Å². The number of carbonyl (C=O) groups excluding carboxylic acids is 1. The Bertz CT molecular complexity index is 1030. The van der Waals surface area contributed by atoms with Crippen LogP contribution in [0.25, 0.3) is 15.0 Å². The quantitative estimate of drug-likeness (QED) is 0.284. The number of hydrogen-bond donors (Lipinski definition) is 0. The van der Waals surface area contributed by atoms with E-state index in [1.165, 1.54) is 19.9 Å². The largest absolute Gasteiger partial charge is 0.455 e. The summed E-state index contributed by atoms with van der Waals surface area (Å²) in [4.78, 5) is 15.4. The third kappa shape index (κ3) is 3.44. The van der Waals surface area contributed by atoms with E-state index in [2.05, 4.69) is 55.5 Å². The second kappa shape index (κ2) is 6.97. The third-order valence-corrected chi connectivity index (χ3v) is 7.69. The highest BCUT2D eigenvalue weighted by molar-refractivity contribution is 7.45. The molecule has 0 saturated heterocycles. The average Bonchev–Trinajstić information content (AvgIpc) is 3.29. The van der Waals surface area contributed by atoms with Crippen LogP contribution < -0.4 is 0 Å². The highest BCUT2D eigenvalue weighted by atomic mass is 32.2. The van der Waals surface area contributed by atoms with Gasteiger partial charge in [-0.3, -0.25) is 0 Å². The van der Waals surface area contributed by atoms with Crippen LogP contribution in [-0.4, -0.2) is 11.6 Å². The standard InChI is InChI=1S/C24H25O2S/c1-17-15-18-9-4-7-14-22(18)27(17)21-13-8-10-19(16-21)23(25)26-24(2,3)20-11-5-6-12-20/h4-5,7-11,13-16,20H,6,12H2,1-3H3/q+1. The highest BCUT2D eigenvalue weighted by Crippen LogP contribution is 2.43. The maximum Gasteiger partial charge on any atom is 0.338 e. The predicted octanol–water partition coefficient (Wildman–Crippen LogP) is 6.79. The lowest BCUT2D eigenvalue weighted by Gasteiger charge is -2.30. The molecule has 2 nitrogen and oxygen atoms in total. The molecule has 0 bridgehead atoms. The van der Waals surface area contributed by atoms with E-state index in [0.717, 1.165) is 12.8 Å². The summed E-state index contributed by atoms with van der Waals surface area (Å²) in [5.74, 6) is 0.0539. The lowest BCUT2D eigenvalue weighted by atomic mass is 9.90. The first kappa shape index (κ1) is 18.0. The lowest BCUT2D eigenvalue weighted by molar-refractivity contribution is -0.0199. The predicted molar refractivity (Wildman–Crippen MR) is 114 cm³/mol. The number of allylic oxidation sites excluding steroid dienone is 1. The maximum atomic E-state index is 12.9. The Morgan fingerprint density at radius 1 is 1.11 bits per heavy atom. The molecule has 0 fully saturated rings. The summed E-state index contributed by atoms with van der Waals surface area (Å²) in [6.45, 7) is 6.19. The molecule has 0 N–H and O–H groups in total. The molecule has 0 aliphatic heterocycles. The van der Waals surface area contributed by atoms with Gasteiger partial charge in [0.1, 0.15) is 5.60 Å². The number of esters is 1. The first-order chi connectivity index (χ1) is 13.0. The van der Waals surface area contributed by atoms with Crippen molar-refractivity contribution in [2.75, 3.05) is 0 Å². The molecule has 0 spiro atoms. The number of ether oxygens (including phenoxy) is 1. The number of aryl methyl sites for hydroxylation is 1. The van der Waals surface area contributed by atoms with Crippen molar-refractivity contribution in [1.82, 2.24) is 0 Å². The van der Waals surface area contributed by atoms with Crippen LogP contribution >= 0.6 is 10.5 Å². The molecule has 3 heteroatoms. The number of benzene rings is 2. The van der Waals surface area contributed by atoms with Gasteiger partial charge in [0, 0.05) is 40.8 Å². The smallest absolute Gasteiger partial charge is 0.338 e. The summed E-state index contributed by atoms with van der Waals surface area (Å²) in [5.41, 5.74) is 0.144. The zero-order valence-corrected chi connectivity index (χ0v) is 16.9. The van der Waals surface area contributed by atoms with Gasteiger partial charge in [0.25, 0.3) is 0 Å². The summed E-state index contributed by atoms with van der Waals surface area (Å²) < 4.78 is 7.25. The minimum Gasteiger partial charge on any atom is -0.455 e. The van der Waals surface area contributed by atoms with Crippen LogP contribution in [-0.2, 0) is 4.74 Å². The Balaban J connectivity index is 1.65. The summed E-state index contributed by atoms with van der Waals surface area (Å²) in [7, 11) is -0.120. The van der Waals surface area contributed by atoms with Crippen molar-refractivity contribution in [3.63, 3.8) is 0 Å². The zero-order valence-electron chi connectivity index (χ0n) is 16.1. The van der Waals surface area contributed by atoms with Gasteiger partial charge in [0.05, 0.1) is 5.56 Å². The van der Waals surface area contributed by atoms with Crippen molar-refractivity contribution in [2.24, 2.45) is 5.92 Å². The molecule has 4 rings (SSSR count). The topological polar surface area (TPSA) is 26.3 Å². The molecule has 2 aromatic carbocycles. The van der Waals surface area contributed by atoms with Gasteiger partial charge in [-0.15, -0.1) is 0 Å². The fourth-order valence-corrected chi connectivity index (χ4v) is 6.14. The third-order valence-electron chi connectivity index (χ3n) is 5.39. The molecule has 27 heavy (non-hydrogen) atoms. The van der Waals surface area contributed by atoms with Crippen molar-refractivity contribution >= 4 is 26.5 Å². The monoisotopic (exact) mass is 377 g/mol. The normalized spacial score (nSPS) is 17.4. The molecule has 2 unspecified atom stereocenters. The van der Waals surface area contributed by atoms with Gasteiger partial charge in [-0.1, -0.05) is 30.4 Å². The van der Waals surface area contributed by atoms with E-state index in [0.29, 0.717) is 11.5 Å². The molecule has 0 radical (unpaired) electrons. The van der Waals surface area contributed by atoms with Crippen molar-refractivity contribution in [1.29, 1.82) is 0 Å². The van der Waals surface area contributed by atoms with Crippen LogP contribution in [0.15, 0.2) is 66.7 Å². The minimum atomic E-state index is -0.488. The summed E-state index contributed by atoms with van der Waals surface area (Å²) in [5, 5.41) is 1.28. The van der Waals surface area contributed by atoms with Crippen molar-refractivity contribution < 1.29 is 9.53 Å². The Labute approximate surface area is 163 Å². The van der Waals surface area contributed by atoms with Crippen molar-refractivity contribution in [2.45, 2.75) is 39.2 Å². The summed E-state index contributed by atoms with van der Waals surface area (Å²) in [6.07, 6.45) is 6.46. The molecule has 1 aliphatic rings. The average molecular weight is 378 g/mol. The molecule has 1 heterocycles. The number of thiophene rings is 1. The van der Waals surface area contributed by atoms with E-state index >= 15 is 0 Å². The molecule has 1 aliphatic carbocycles. The summed E-state index contributed by atoms with van der Waals surface area (Å²) >= 11 is 0. The van der Waals surface area contributed by atoms with E-state index in [-0.39, 0.29) is 16.4 Å². The minimum absolute atomic E-state index is 0.120. The van der Waals surface area contributed by atoms with Crippen LogP contribution in [0.4, 0.5) is 0 Å². The second-order valence-electron chi connectivity index (χ2n) is 7.73. The molecule has 1 aromatic heterocycles. The molecular weight excluding hydrogens is 352 g/mol. The molecule has 3 aromatic rings. The number of hydrogen-bond acceptors (Lipinski definition) is 2. The van der Waals surface area contributed by atoms with Crippen LogP contribution in [0.5, 0.6) is 0 Å². The fraction of sp³-hybridized carbons (Fsp3) is 0.292. The Morgan fingerprint density at radius 3 is 2.70 bits per heavy atom. The van der Waals surface area contributed by atoms with Gasteiger partial charge in [-0.2, -0.15) is 0 Å². The van der Waals surface area contributed by atoms with Crippen LogP contribution in [0.2, 0.25) is 0 Å². The number of fused-ring (bicyclic) bond motifs is 1. The molecule has 0 saturated carbocycles. The first-order valence-electron chi connectivity index (χ1n) is 9.47. The van der Waals surface area contributed by atoms with Gasteiger partial charge in [-0.25, -0.2) is 4.79 Å². The van der Waals surface area contributed by atoms with Gasteiger partial charge in [0.15, 0.2) is 14.5 Å². The second-order valence-corrected chi connectivity index (χ2v) is 9.90. The number of carbonyl (C=O) groups is 1. The molecule has 2 atom stereocenters. The van der Waals surface area contributed by atoms with E-state index in [9.17, 15) is 4.79 Å². The van der Waals surface area contributed by atoms with E-state index < -0.39 is 5.60 Å². The molecule has 138 valence electrons. The van der Waals surface area contributed by atoms with Gasteiger partial charge in [-0.05, 0) is 51.0 Å². The van der Waals surface area contributed by atoms with Crippen molar-refractivity contribution in [3.8, 4) is 4.90 Å². The van der Waals surface area contributed by atoms with Crippen LogP contribution in [0.1, 0.15) is 41.9 Å². The van der Waals surface area contributed by atoms with Gasteiger partial charge >= 0.3 is 5.97 Å². The highest BCUT2D eigenvalue weighted by Gasteiger charge is 2.33. The van der Waals surface area contributed by atoms with Crippen molar-refractivity contribution in [3.05, 3.63) is 77.2 Å². The summed E-state index contributed by atoms with van der Waals surface area (Å²) in [6, 6.07) is 18.7. The fourth-order valence-electron chi connectivity index (χ4n) is 3.89. The maximum absolute atomic E-state index is 12.9. The molecule has 0 amide bonds. The van der Waals surface area contributed by atoms with Gasteiger partial charge < -0.3 is 4.74 Å². The van der Waals surface area contributed by atoms with E-state index in [1.54, 1.807) is 0 Å². The zero-order chi connectivity index (χ0) is 19.0. The number of rotatable bonds is 4. The Morgan fingerprint density at radius 2 is 1.93 bits per heavy atom. The Hall–Kier alpha value is -2.39.